The van der Waals surface area contributed by atoms with Gasteiger partial charge in [-0.05, 0) is 48.9 Å². The number of carbonyl (C=O) groups excluding carboxylic acids is 2. The van der Waals surface area contributed by atoms with E-state index in [1.165, 1.54) is 5.56 Å². The Morgan fingerprint density at radius 1 is 0.971 bits per heavy atom. The molecule has 5 heteroatoms. The van der Waals surface area contributed by atoms with Crippen LogP contribution >= 0.6 is 0 Å². The van der Waals surface area contributed by atoms with Gasteiger partial charge in [-0.3, -0.25) is 9.59 Å². The molecule has 0 radical (unpaired) electrons. The number of hydrogen-bond donors (Lipinski definition) is 0. The second-order valence-electron chi connectivity index (χ2n) is 9.43. The van der Waals surface area contributed by atoms with Crippen LogP contribution in [0.1, 0.15) is 49.4 Å². The first kappa shape index (κ1) is 23.8. The Balaban J connectivity index is 1.50. The van der Waals surface area contributed by atoms with Gasteiger partial charge in [0.05, 0.1) is 6.54 Å². The molecule has 1 fully saturated rings. The molecule has 4 rings (SSSR count). The standard InChI is InChI=1S/C29H35N3O2/c1-4-22(2)32(29(34)27-18-26(27)24-14-9-6-10-15-24)21-28(33)31(19-23-12-7-5-8-13-23)20-25-16-11-17-30(25)3/h5-17,22,26-27H,4,18-21H2,1-3H3. The van der Waals surface area contributed by atoms with Crippen LogP contribution in [0.15, 0.2) is 79.0 Å². The summed E-state index contributed by atoms with van der Waals surface area (Å²) in [6.07, 6.45) is 3.67. The van der Waals surface area contributed by atoms with E-state index in [0.717, 1.165) is 24.1 Å². The summed E-state index contributed by atoms with van der Waals surface area (Å²) in [5.41, 5.74) is 3.36. The molecule has 34 heavy (non-hydrogen) atoms. The third-order valence-electron chi connectivity index (χ3n) is 7.02. The molecule has 1 aliphatic carbocycles. The second kappa shape index (κ2) is 10.7. The zero-order chi connectivity index (χ0) is 24.1. The highest BCUT2D eigenvalue weighted by atomic mass is 16.2. The van der Waals surface area contributed by atoms with Crippen molar-refractivity contribution in [1.29, 1.82) is 0 Å². The minimum Gasteiger partial charge on any atom is -0.353 e. The normalized spacial score (nSPS) is 17.7. The van der Waals surface area contributed by atoms with E-state index in [0.29, 0.717) is 13.1 Å². The lowest BCUT2D eigenvalue weighted by atomic mass is 10.1. The third-order valence-corrected chi connectivity index (χ3v) is 7.02. The molecule has 0 saturated heterocycles. The largest absolute Gasteiger partial charge is 0.353 e. The Kier molecular flexibility index (Phi) is 7.51. The van der Waals surface area contributed by atoms with Gasteiger partial charge in [-0.2, -0.15) is 0 Å². The molecule has 1 heterocycles. The maximum absolute atomic E-state index is 13.6. The highest BCUT2D eigenvalue weighted by molar-refractivity contribution is 5.88. The lowest BCUT2D eigenvalue weighted by Crippen LogP contribution is -2.47. The first-order chi connectivity index (χ1) is 16.5. The monoisotopic (exact) mass is 457 g/mol. The van der Waals surface area contributed by atoms with Gasteiger partial charge in [0.2, 0.25) is 11.8 Å². The zero-order valence-electron chi connectivity index (χ0n) is 20.4. The smallest absolute Gasteiger partial charge is 0.242 e. The van der Waals surface area contributed by atoms with E-state index in [1.807, 2.05) is 95.2 Å². The van der Waals surface area contributed by atoms with Gasteiger partial charge in [-0.25, -0.2) is 0 Å². The predicted molar refractivity (Wildman–Crippen MR) is 135 cm³/mol. The van der Waals surface area contributed by atoms with Gasteiger partial charge in [0.25, 0.3) is 0 Å². The molecule has 0 aliphatic heterocycles. The van der Waals surface area contributed by atoms with Gasteiger partial charge >= 0.3 is 0 Å². The summed E-state index contributed by atoms with van der Waals surface area (Å²) in [4.78, 5) is 30.9. The van der Waals surface area contributed by atoms with Crippen molar-refractivity contribution in [1.82, 2.24) is 14.4 Å². The number of hydrogen-bond acceptors (Lipinski definition) is 2. The van der Waals surface area contributed by atoms with Crippen LogP contribution in [0, 0.1) is 5.92 Å². The van der Waals surface area contributed by atoms with Gasteiger partial charge in [0.1, 0.15) is 6.54 Å². The number of amides is 2. The predicted octanol–water partition coefficient (Wildman–Crippen LogP) is 4.98. The lowest BCUT2D eigenvalue weighted by molar-refractivity contribution is -0.144. The van der Waals surface area contributed by atoms with Crippen LogP contribution in [0.5, 0.6) is 0 Å². The first-order valence-corrected chi connectivity index (χ1v) is 12.2. The topological polar surface area (TPSA) is 45.6 Å². The Bertz CT molecular complexity index is 1090. The average Bonchev–Trinajstić information content (AvgIpc) is 3.57. The molecule has 1 aromatic heterocycles. The molecule has 1 aliphatic rings. The van der Waals surface area contributed by atoms with Gasteiger partial charge in [0.15, 0.2) is 0 Å². The van der Waals surface area contributed by atoms with Crippen molar-refractivity contribution >= 4 is 11.8 Å². The van der Waals surface area contributed by atoms with Crippen LogP contribution in [0.2, 0.25) is 0 Å². The first-order valence-electron chi connectivity index (χ1n) is 12.2. The summed E-state index contributed by atoms with van der Waals surface area (Å²) in [5.74, 6) is 0.324. The Labute approximate surface area is 203 Å². The number of nitrogens with zero attached hydrogens (tertiary/aromatic N) is 3. The molecule has 0 spiro atoms. The van der Waals surface area contributed by atoms with E-state index in [4.69, 9.17) is 0 Å². The molecule has 2 amide bonds. The summed E-state index contributed by atoms with van der Waals surface area (Å²) in [6, 6.07) is 24.3. The zero-order valence-corrected chi connectivity index (χ0v) is 20.4. The van der Waals surface area contributed by atoms with Crippen LogP contribution < -0.4 is 0 Å². The SMILES string of the molecule is CCC(C)N(CC(=O)N(Cc1ccccc1)Cc1cccn1C)C(=O)C1CC1c1ccccc1. The van der Waals surface area contributed by atoms with Gasteiger partial charge in [0, 0.05) is 37.4 Å². The van der Waals surface area contributed by atoms with E-state index in [2.05, 4.69) is 19.1 Å². The Morgan fingerprint density at radius 2 is 1.65 bits per heavy atom. The van der Waals surface area contributed by atoms with E-state index in [1.54, 1.807) is 0 Å². The second-order valence-corrected chi connectivity index (χ2v) is 9.43. The summed E-state index contributed by atoms with van der Waals surface area (Å²) >= 11 is 0. The highest BCUT2D eigenvalue weighted by Crippen LogP contribution is 2.48. The Morgan fingerprint density at radius 3 is 2.26 bits per heavy atom. The van der Waals surface area contributed by atoms with Crippen molar-refractivity contribution in [2.24, 2.45) is 13.0 Å². The van der Waals surface area contributed by atoms with Crippen molar-refractivity contribution in [3.8, 4) is 0 Å². The molecule has 1 saturated carbocycles. The minimum absolute atomic E-state index is 0.0158. The summed E-state index contributed by atoms with van der Waals surface area (Å²) < 4.78 is 2.04. The maximum atomic E-state index is 13.6. The molecular weight excluding hydrogens is 422 g/mol. The van der Waals surface area contributed by atoms with Crippen LogP contribution in [0.3, 0.4) is 0 Å². The number of carbonyl (C=O) groups is 2. The number of benzene rings is 2. The average molecular weight is 458 g/mol. The molecule has 3 aromatic rings. The van der Waals surface area contributed by atoms with Gasteiger partial charge < -0.3 is 14.4 Å². The van der Waals surface area contributed by atoms with E-state index in [-0.39, 0.29) is 36.2 Å². The summed E-state index contributed by atoms with van der Waals surface area (Å²) in [6.45, 7) is 5.26. The van der Waals surface area contributed by atoms with Crippen LogP contribution in [0.25, 0.3) is 0 Å². The van der Waals surface area contributed by atoms with Crippen molar-refractivity contribution in [3.63, 3.8) is 0 Å². The molecule has 0 bridgehead atoms. The lowest BCUT2D eigenvalue weighted by Gasteiger charge is -2.32. The van der Waals surface area contributed by atoms with Crippen molar-refractivity contribution < 1.29 is 9.59 Å². The molecule has 3 unspecified atom stereocenters. The fourth-order valence-corrected chi connectivity index (χ4v) is 4.56. The Hall–Kier alpha value is -3.34. The van der Waals surface area contributed by atoms with Crippen molar-refractivity contribution in [2.75, 3.05) is 6.54 Å². The molecule has 0 N–H and O–H groups in total. The number of aryl methyl sites for hydroxylation is 1. The number of aromatic nitrogens is 1. The fraction of sp³-hybridized carbons (Fsp3) is 0.379. The third kappa shape index (κ3) is 5.58. The highest BCUT2D eigenvalue weighted by Gasteiger charge is 2.46. The van der Waals surface area contributed by atoms with Crippen molar-refractivity contribution in [2.45, 2.75) is 51.7 Å². The van der Waals surface area contributed by atoms with Crippen LogP contribution in [-0.4, -0.2) is 38.8 Å². The van der Waals surface area contributed by atoms with Crippen LogP contribution in [0.4, 0.5) is 0 Å². The van der Waals surface area contributed by atoms with Crippen molar-refractivity contribution in [3.05, 3.63) is 95.8 Å². The molecular formula is C29H35N3O2. The molecule has 3 atom stereocenters. The van der Waals surface area contributed by atoms with E-state index >= 15 is 0 Å². The summed E-state index contributed by atoms with van der Waals surface area (Å²) in [5, 5.41) is 0. The minimum atomic E-state index is -0.0281. The van der Waals surface area contributed by atoms with Crippen LogP contribution in [-0.2, 0) is 29.7 Å². The maximum Gasteiger partial charge on any atom is 0.242 e. The van der Waals surface area contributed by atoms with Gasteiger partial charge in [-0.1, -0.05) is 67.6 Å². The molecule has 178 valence electrons. The summed E-state index contributed by atoms with van der Waals surface area (Å²) in [7, 11) is 1.99. The molecule has 5 nitrogen and oxygen atoms in total. The molecule has 2 aromatic carbocycles. The number of rotatable bonds is 10. The van der Waals surface area contributed by atoms with E-state index in [9.17, 15) is 9.59 Å². The van der Waals surface area contributed by atoms with E-state index < -0.39 is 0 Å². The van der Waals surface area contributed by atoms with Gasteiger partial charge in [-0.15, -0.1) is 0 Å². The fourth-order valence-electron chi connectivity index (χ4n) is 4.56. The quantitative estimate of drug-likeness (QED) is 0.431.